The molecule has 3 atom stereocenters. The molecule has 0 bridgehead atoms. The molecule has 0 spiro atoms. The van der Waals surface area contributed by atoms with Gasteiger partial charge in [-0.2, -0.15) is 0 Å². The lowest BCUT2D eigenvalue weighted by Gasteiger charge is -2.41. The number of hydrogen-bond donors (Lipinski definition) is 0. The van der Waals surface area contributed by atoms with E-state index < -0.39 is 16.6 Å². The van der Waals surface area contributed by atoms with Gasteiger partial charge in [-0.1, -0.05) is 91.1 Å². The van der Waals surface area contributed by atoms with Gasteiger partial charge in [0.1, 0.15) is 0 Å². The Morgan fingerprint density at radius 3 is 2.08 bits per heavy atom. The molecule has 214 valence electrons. The zero-order valence-corrected chi connectivity index (χ0v) is 27.8. The maximum atomic E-state index is 6.99. The Kier molecular flexibility index (Phi) is 12.6. The van der Waals surface area contributed by atoms with E-state index in [4.69, 9.17) is 18.3 Å². The minimum absolute atomic E-state index is 0.188. The van der Waals surface area contributed by atoms with Crippen molar-refractivity contribution in [3.05, 3.63) is 35.9 Å². The van der Waals surface area contributed by atoms with E-state index in [9.17, 15) is 0 Å². The predicted molar refractivity (Wildman–Crippen MR) is 162 cm³/mol. The molecule has 1 heterocycles. The molecule has 37 heavy (non-hydrogen) atoms. The lowest BCUT2D eigenvalue weighted by Crippen LogP contribution is -2.47. The van der Waals surface area contributed by atoms with Crippen LogP contribution < -0.4 is 0 Å². The van der Waals surface area contributed by atoms with Gasteiger partial charge in [0.15, 0.2) is 16.6 Å². The SMILES string of the molecule is CC(C)(C)[Si](C)(C)OC[C@H]1CC[C@H]([C@@H](CCCCCCOCc2ccccc2)O[Si](C)(C)C(C)(C)C)O1. The second-order valence-corrected chi connectivity index (χ2v) is 23.7. The van der Waals surface area contributed by atoms with Crippen molar-refractivity contribution in [2.75, 3.05) is 13.2 Å². The number of unbranched alkanes of at least 4 members (excludes halogenated alkanes) is 3. The summed E-state index contributed by atoms with van der Waals surface area (Å²) in [6.07, 6.45) is 8.55. The van der Waals surface area contributed by atoms with Gasteiger partial charge in [-0.3, -0.25) is 0 Å². The summed E-state index contributed by atoms with van der Waals surface area (Å²) in [7, 11) is -3.63. The van der Waals surface area contributed by atoms with E-state index in [2.05, 4.69) is 92.0 Å². The van der Waals surface area contributed by atoms with Gasteiger partial charge >= 0.3 is 0 Å². The fourth-order valence-corrected chi connectivity index (χ4v) is 6.61. The highest BCUT2D eigenvalue weighted by Crippen LogP contribution is 2.40. The second-order valence-electron chi connectivity index (χ2n) is 14.1. The number of benzene rings is 1. The fourth-order valence-electron chi connectivity index (χ4n) is 4.19. The molecule has 0 radical (unpaired) electrons. The fraction of sp³-hybridized carbons (Fsp3) is 0.806. The van der Waals surface area contributed by atoms with Gasteiger partial charge in [-0.25, -0.2) is 0 Å². The van der Waals surface area contributed by atoms with Gasteiger partial charge in [-0.15, -0.1) is 0 Å². The molecule has 1 aromatic rings. The first-order valence-electron chi connectivity index (χ1n) is 14.7. The topological polar surface area (TPSA) is 36.9 Å². The number of ether oxygens (including phenoxy) is 2. The molecule has 6 heteroatoms. The van der Waals surface area contributed by atoms with Gasteiger partial charge in [0.2, 0.25) is 0 Å². The van der Waals surface area contributed by atoms with E-state index in [1.807, 2.05) is 6.07 Å². The van der Waals surface area contributed by atoms with Gasteiger partial charge in [-0.05, 0) is 67.5 Å². The molecule has 1 saturated heterocycles. The van der Waals surface area contributed by atoms with Gasteiger partial charge in [0, 0.05) is 6.61 Å². The Bertz CT molecular complexity index is 768. The Labute approximate surface area is 231 Å². The van der Waals surface area contributed by atoms with Crippen LogP contribution in [0.2, 0.25) is 36.3 Å². The van der Waals surface area contributed by atoms with Crippen LogP contribution in [0.3, 0.4) is 0 Å². The molecular weight excluding hydrogens is 493 g/mol. The van der Waals surface area contributed by atoms with E-state index in [-0.39, 0.29) is 28.4 Å². The normalized spacial score (nSPS) is 20.4. The highest BCUT2D eigenvalue weighted by atomic mass is 28.4. The zero-order chi connectivity index (χ0) is 27.7. The first kappa shape index (κ1) is 32.7. The Morgan fingerprint density at radius 1 is 0.838 bits per heavy atom. The van der Waals surface area contributed by atoms with Crippen LogP contribution >= 0.6 is 0 Å². The van der Waals surface area contributed by atoms with E-state index in [0.717, 1.165) is 38.9 Å². The smallest absolute Gasteiger partial charge is 0.192 e. The number of rotatable bonds is 15. The van der Waals surface area contributed by atoms with Crippen LogP contribution in [-0.4, -0.2) is 48.2 Å². The van der Waals surface area contributed by atoms with Crippen LogP contribution in [0.4, 0.5) is 0 Å². The molecular formula is C31H58O4Si2. The Hall–Kier alpha value is -0.506. The highest BCUT2D eigenvalue weighted by Gasteiger charge is 2.43. The molecule has 1 aliphatic rings. The van der Waals surface area contributed by atoms with Gasteiger partial charge < -0.3 is 18.3 Å². The summed E-state index contributed by atoms with van der Waals surface area (Å²) in [4.78, 5) is 0. The third kappa shape index (κ3) is 10.9. The summed E-state index contributed by atoms with van der Waals surface area (Å²) in [5, 5.41) is 0.427. The average molecular weight is 551 g/mol. The Balaban J connectivity index is 1.81. The van der Waals surface area contributed by atoms with Crippen LogP contribution in [0.5, 0.6) is 0 Å². The van der Waals surface area contributed by atoms with Crippen LogP contribution in [0.25, 0.3) is 0 Å². The lowest BCUT2D eigenvalue weighted by molar-refractivity contribution is -0.0452. The van der Waals surface area contributed by atoms with E-state index in [0.29, 0.717) is 6.61 Å². The third-order valence-electron chi connectivity index (χ3n) is 8.88. The van der Waals surface area contributed by atoms with Crippen LogP contribution in [-0.2, 0) is 24.9 Å². The summed E-state index contributed by atoms with van der Waals surface area (Å²) >= 11 is 0. The maximum absolute atomic E-state index is 6.99. The lowest BCUT2D eigenvalue weighted by atomic mass is 10.0. The molecule has 1 aliphatic heterocycles. The molecule has 2 rings (SSSR count). The van der Waals surface area contributed by atoms with Crippen LogP contribution in [0, 0.1) is 0 Å². The van der Waals surface area contributed by atoms with Crippen molar-refractivity contribution in [3.63, 3.8) is 0 Å². The molecule has 0 amide bonds. The minimum Gasteiger partial charge on any atom is -0.414 e. The van der Waals surface area contributed by atoms with Crippen molar-refractivity contribution in [3.8, 4) is 0 Å². The molecule has 1 fully saturated rings. The van der Waals surface area contributed by atoms with Crippen molar-refractivity contribution >= 4 is 16.6 Å². The van der Waals surface area contributed by atoms with Crippen molar-refractivity contribution in [1.82, 2.24) is 0 Å². The largest absolute Gasteiger partial charge is 0.414 e. The predicted octanol–water partition coefficient (Wildman–Crippen LogP) is 9.11. The summed E-state index contributed by atoms with van der Waals surface area (Å²) < 4.78 is 26.0. The first-order chi connectivity index (χ1) is 17.1. The molecule has 0 unspecified atom stereocenters. The standard InChI is InChI=1S/C31H58O4Si2/c1-30(2,3)36(7,8)33-25-27-21-22-28(34-27)29(35-37(9,10)31(4,5)6)20-16-11-12-17-23-32-24-26-18-14-13-15-19-26/h13-15,18-19,27-29H,11-12,16-17,20-25H2,1-10H3/t27-,28-,29-/m1/s1. The summed E-state index contributed by atoms with van der Waals surface area (Å²) in [6.45, 7) is 25.6. The van der Waals surface area contributed by atoms with E-state index in [1.165, 1.54) is 24.8 Å². The highest BCUT2D eigenvalue weighted by molar-refractivity contribution is 6.74. The molecule has 0 saturated carbocycles. The molecule has 0 N–H and O–H groups in total. The van der Waals surface area contributed by atoms with Crippen molar-refractivity contribution in [2.45, 2.75) is 148 Å². The molecule has 4 nitrogen and oxygen atoms in total. The monoisotopic (exact) mass is 550 g/mol. The molecule has 0 aliphatic carbocycles. The van der Waals surface area contributed by atoms with Gasteiger partial charge in [0.05, 0.1) is 31.5 Å². The third-order valence-corrected chi connectivity index (χ3v) is 17.9. The van der Waals surface area contributed by atoms with Crippen molar-refractivity contribution in [1.29, 1.82) is 0 Å². The average Bonchev–Trinajstić information content (AvgIpc) is 3.27. The number of hydrogen-bond acceptors (Lipinski definition) is 4. The Morgan fingerprint density at radius 2 is 1.46 bits per heavy atom. The first-order valence-corrected chi connectivity index (χ1v) is 20.5. The summed E-state index contributed by atoms with van der Waals surface area (Å²) in [6, 6.07) is 10.4. The summed E-state index contributed by atoms with van der Waals surface area (Å²) in [5.41, 5.74) is 1.25. The van der Waals surface area contributed by atoms with Gasteiger partial charge in [0.25, 0.3) is 0 Å². The summed E-state index contributed by atoms with van der Waals surface area (Å²) in [5.74, 6) is 0. The molecule has 1 aromatic carbocycles. The molecule has 0 aromatic heterocycles. The maximum Gasteiger partial charge on any atom is 0.192 e. The van der Waals surface area contributed by atoms with Crippen molar-refractivity contribution < 1.29 is 18.3 Å². The quantitative estimate of drug-likeness (QED) is 0.161. The van der Waals surface area contributed by atoms with E-state index in [1.54, 1.807) is 0 Å². The van der Waals surface area contributed by atoms with Crippen LogP contribution in [0.15, 0.2) is 30.3 Å². The van der Waals surface area contributed by atoms with Crippen LogP contribution in [0.1, 0.15) is 92.1 Å². The minimum atomic E-state index is -1.87. The second kappa shape index (κ2) is 14.2. The van der Waals surface area contributed by atoms with Crippen molar-refractivity contribution in [2.24, 2.45) is 0 Å². The van der Waals surface area contributed by atoms with E-state index >= 15 is 0 Å². The zero-order valence-electron chi connectivity index (χ0n) is 25.8.